The zero-order chi connectivity index (χ0) is 10.0. The molecule has 0 saturated carbocycles. The van der Waals surface area contributed by atoms with E-state index in [9.17, 15) is 9.50 Å². The molecule has 0 radical (unpaired) electrons. The van der Waals surface area contributed by atoms with Crippen molar-refractivity contribution in [2.75, 3.05) is 0 Å². The van der Waals surface area contributed by atoms with Crippen LogP contribution >= 0.6 is 11.6 Å². The van der Waals surface area contributed by atoms with Crippen LogP contribution in [0.4, 0.5) is 4.39 Å². The number of nitrogens with two attached hydrogens (primary N) is 1. The Hall–Kier alpha value is -0.640. The Bertz CT molecular complexity index is 304. The van der Waals surface area contributed by atoms with Crippen molar-refractivity contribution in [3.05, 3.63) is 34.6 Å². The number of benzene rings is 1. The van der Waals surface area contributed by atoms with Crippen LogP contribution in [0.25, 0.3) is 0 Å². The lowest BCUT2D eigenvalue weighted by Gasteiger charge is -2.15. The fourth-order valence-electron chi connectivity index (χ4n) is 1.02. The second-order valence-corrected chi connectivity index (χ2v) is 3.38. The molecule has 0 unspecified atom stereocenters. The van der Waals surface area contributed by atoms with Crippen LogP contribution in [0.2, 0.25) is 5.02 Å². The predicted octanol–water partition coefficient (Wildman–Crippen LogP) is 1.86. The number of hydrogen-bond acceptors (Lipinski definition) is 2. The lowest BCUT2D eigenvalue weighted by molar-refractivity contribution is 0.153. The number of halogens is 2. The minimum absolute atomic E-state index is 0.199. The molecule has 0 bridgehead atoms. The highest BCUT2D eigenvalue weighted by atomic mass is 35.5. The molecule has 3 N–H and O–H groups in total. The normalized spacial score (nSPS) is 15.5. The summed E-state index contributed by atoms with van der Waals surface area (Å²) in [4.78, 5) is 0. The maximum absolute atomic E-state index is 12.6. The third-order valence-electron chi connectivity index (χ3n) is 1.78. The van der Waals surface area contributed by atoms with Crippen molar-refractivity contribution in [1.29, 1.82) is 0 Å². The van der Waals surface area contributed by atoms with Crippen LogP contribution in [0, 0.1) is 5.82 Å². The van der Waals surface area contributed by atoms with Gasteiger partial charge in [0.2, 0.25) is 0 Å². The molecule has 1 aromatic rings. The SMILES string of the molecule is C[C@@H](N)[C@H](O)c1ccc(F)cc1Cl. The van der Waals surface area contributed by atoms with Gasteiger partial charge in [0.25, 0.3) is 0 Å². The number of rotatable bonds is 2. The molecule has 4 heteroatoms. The zero-order valence-corrected chi connectivity index (χ0v) is 7.92. The molecular formula is C9H11ClFNO. The highest BCUT2D eigenvalue weighted by molar-refractivity contribution is 6.31. The lowest BCUT2D eigenvalue weighted by Crippen LogP contribution is -2.24. The third-order valence-corrected chi connectivity index (χ3v) is 2.11. The first-order valence-corrected chi connectivity index (χ1v) is 4.28. The Morgan fingerprint density at radius 1 is 1.54 bits per heavy atom. The van der Waals surface area contributed by atoms with E-state index in [-0.39, 0.29) is 5.02 Å². The van der Waals surface area contributed by atoms with Crippen LogP contribution < -0.4 is 5.73 Å². The van der Waals surface area contributed by atoms with E-state index in [4.69, 9.17) is 17.3 Å². The summed E-state index contributed by atoms with van der Waals surface area (Å²) in [7, 11) is 0. The second-order valence-electron chi connectivity index (χ2n) is 2.97. The third kappa shape index (κ3) is 2.40. The van der Waals surface area contributed by atoms with Crippen LogP contribution in [-0.2, 0) is 0 Å². The fourth-order valence-corrected chi connectivity index (χ4v) is 1.30. The van der Waals surface area contributed by atoms with Crippen molar-refractivity contribution in [1.82, 2.24) is 0 Å². The zero-order valence-electron chi connectivity index (χ0n) is 7.17. The van der Waals surface area contributed by atoms with Gasteiger partial charge in [-0.05, 0) is 19.1 Å². The van der Waals surface area contributed by atoms with Gasteiger partial charge in [-0.2, -0.15) is 0 Å². The predicted molar refractivity (Wildman–Crippen MR) is 50.0 cm³/mol. The van der Waals surface area contributed by atoms with Crippen molar-refractivity contribution in [3.63, 3.8) is 0 Å². The molecule has 0 heterocycles. The molecule has 0 spiro atoms. The van der Waals surface area contributed by atoms with E-state index in [1.54, 1.807) is 6.92 Å². The molecule has 0 fully saturated rings. The maximum atomic E-state index is 12.6. The van der Waals surface area contributed by atoms with Crippen LogP contribution in [0.1, 0.15) is 18.6 Å². The van der Waals surface area contributed by atoms with Crippen molar-refractivity contribution < 1.29 is 9.50 Å². The number of aliphatic hydroxyl groups excluding tert-OH is 1. The van der Waals surface area contributed by atoms with Gasteiger partial charge in [-0.1, -0.05) is 17.7 Å². The Morgan fingerprint density at radius 3 is 2.62 bits per heavy atom. The Labute approximate surface area is 81.1 Å². The van der Waals surface area contributed by atoms with Crippen molar-refractivity contribution >= 4 is 11.6 Å². The molecule has 2 atom stereocenters. The average Bonchev–Trinajstić information content (AvgIpc) is 2.03. The van der Waals surface area contributed by atoms with Crippen molar-refractivity contribution in [2.24, 2.45) is 5.73 Å². The van der Waals surface area contributed by atoms with Crippen molar-refractivity contribution in [2.45, 2.75) is 19.1 Å². The van der Waals surface area contributed by atoms with E-state index in [1.165, 1.54) is 12.1 Å². The highest BCUT2D eigenvalue weighted by Crippen LogP contribution is 2.25. The molecule has 2 nitrogen and oxygen atoms in total. The van der Waals surface area contributed by atoms with Gasteiger partial charge >= 0.3 is 0 Å². The van der Waals surface area contributed by atoms with Crippen LogP contribution in [0.5, 0.6) is 0 Å². The van der Waals surface area contributed by atoms with Gasteiger partial charge in [-0.25, -0.2) is 4.39 Å². The van der Waals surface area contributed by atoms with Gasteiger partial charge in [-0.15, -0.1) is 0 Å². The van der Waals surface area contributed by atoms with E-state index < -0.39 is 18.0 Å². The Balaban J connectivity index is 3.01. The van der Waals surface area contributed by atoms with Gasteiger partial charge in [0.15, 0.2) is 0 Å². The molecule has 0 amide bonds. The summed E-state index contributed by atoms with van der Waals surface area (Å²) >= 11 is 5.71. The second kappa shape index (κ2) is 4.05. The van der Waals surface area contributed by atoms with Crippen LogP contribution in [-0.4, -0.2) is 11.1 Å². The average molecular weight is 204 g/mol. The number of hydrogen-bond donors (Lipinski definition) is 2. The minimum Gasteiger partial charge on any atom is -0.387 e. The molecule has 1 rings (SSSR count). The van der Waals surface area contributed by atoms with E-state index in [0.717, 1.165) is 6.07 Å². The Kier molecular flexibility index (Phi) is 3.25. The molecule has 0 saturated heterocycles. The molecule has 72 valence electrons. The van der Waals surface area contributed by atoms with Gasteiger partial charge < -0.3 is 10.8 Å². The molecule has 0 aliphatic heterocycles. The summed E-state index contributed by atoms with van der Waals surface area (Å²) in [6, 6.07) is 3.41. The smallest absolute Gasteiger partial charge is 0.124 e. The van der Waals surface area contributed by atoms with E-state index in [1.807, 2.05) is 0 Å². The van der Waals surface area contributed by atoms with Crippen molar-refractivity contribution in [3.8, 4) is 0 Å². The largest absolute Gasteiger partial charge is 0.387 e. The molecule has 0 aliphatic rings. The molecule has 13 heavy (non-hydrogen) atoms. The van der Waals surface area contributed by atoms with E-state index >= 15 is 0 Å². The summed E-state index contributed by atoms with van der Waals surface area (Å²) in [5, 5.41) is 9.74. The standard InChI is InChI=1S/C9H11ClFNO/c1-5(12)9(13)7-3-2-6(11)4-8(7)10/h2-5,9,13H,12H2,1H3/t5-,9+/m1/s1. The lowest BCUT2D eigenvalue weighted by atomic mass is 10.0. The first-order chi connectivity index (χ1) is 6.02. The summed E-state index contributed by atoms with van der Waals surface area (Å²) in [5.41, 5.74) is 5.93. The maximum Gasteiger partial charge on any atom is 0.124 e. The Morgan fingerprint density at radius 2 is 2.15 bits per heavy atom. The monoisotopic (exact) mass is 203 g/mol. The molecule has 1 aromatic carbocycles. The summed E-state index contributed by atoms with van der Waals surface area (Å²) in [5.74, 6) is -0.425. The van der Waals surface area contributed by atoms with Gasteiger partial charge in [-0.3, -0.25) is 0 Å². The first kappa shape index (κ1) is 10.4. The quantitative estimate of drug-likeness (QED) is 0.771. The minimum atomic E-state index is -0.854. The number of aliphatic hydroxyl groups is 1. The summed E-state index contributed by atoms with van der Waals surface area (Å²) in [6.45, 7) is 1.66. The van der Waals surface area contributed by atoms with E-state index in [0.29, 0.717) is 5.56 Å². The first-order valence-electron chi connectivity index (χ1n) is 3.91. The fraction of sp³-hybridized carbons (Fsp3) is 0.333. The summed E-state index contributed by atoms with van der Waals surface area (Å²) < 4.78 is 12.6. The molecule has 0 aromatic heterocycles. The van der Waals surface area contributed by atoms with Crippen LogP contribution in [0.15, 0.2) is 18.2 Å². The van der Waals surface area contributed by atoms with Gasteiger partial charge in [0, 0.05) is 16.6 Å². The summed E-state index contributed by atoms with van der Waals surface area (Å²) in [6.07, 6.45) is -0.854. The molecule has 0 aliphatic carbocycles. The van der Waals surface area contributed by atoms with E-state index in [2.05, 4.69) is 0 Å². The van der Waals surface area contributed by atoms with Gasteiger partial charge in [0.1, 0.15) is 5.82 Å². The highest BCUT2D eigenvalue weighted by Gasteiger charge is 2.15. The van der Waals surface area contributed by atoms with Gasteiger partial charge in [0.05, 0.1) is 6.10 Å². The topological polar surface area (TPSA) is 46.2 Å². The van der Waals surface area contributed by atoms with Crippen LogP contribution in [0.3, 0.4) is 0 Å². The molecular weight excluding hydrogens is 193 g/mol.